The van der Waals surface area contributed by atoms with Crippen LogP contribution in [0.5, 0.6) is 0 Å². The van der Waals surface area contributed by atoms with Crippen LogP contribution in [0.2, 0.25) is 0 Å². The van der Waals surface area contributed by atoms with Crippen LogP contribution in [0.15, 0.2) is 77.3 Å². The molecule has 0 saturated carbocycles. The monoisotopic (exact) mass is 486 g/mol. The van der Waals surface area contributed by atoms with Crippen LogP contribution in [0.25, 0.3) is 0 Å². The molecule has 2 heterocycles. The first-order valence-electron chi connectivity index (χ1n) is 10.6. The van der Waals surface area contributed by atoms with Crippen LogP contribution in [0, 0.1) is 5.82 Å². The third kappa shape index (κ3) is 3.90. The predicted octanol–water partition coefficient (Wildman–Crippen LogP) is 6.35. The number of hydrogen-bond donors (Lipinski definition) is 1. The second kappa shape index (κ2) is 8.39. The van der Waals surface area contributed by atoms with E-state index in [1.165, 1.54) is 29.5 Å². The molecule has 2 atom stereocenters. The molecule has 0 spiro atoms. The van der Waals surface area contributed by atoms with Gasteiger partial charge in [-0.2, -0.15) is 13.2 Å². The van der Waals surface area contributed by atoms with Gasteiger partial charge in [-0.15, -0.1) is 11.3 Å². The smallest absolute Gasteiger partial charge is 0.357 e. The number of ketones is 1. The van der Waals surface area contributed by atoms with Crippen molar-refractivity contribution in [2.45, 2.75) is 31.0 Å². The van der Waals surface area contributed by atoms with Gasteiger partial charge in [0, 0.05) is 22.6 Å². The Morgan fingerprint density at radius 1 is 1.00 bits per heavy atom. The Hall–Kier alpha value is -3.46. The van der Waals surface area contributed by atoms with Crippen LogP contribution in [0.1, 0.15) is 35.2 Å². The average molecular weight is 486 g/mol. The Bertz CT molecular complexity index is 1280. The SMILES string of the molecule is O=C1C[C@H](c2ccc(F)cc2)CC2=C1[C@H](c1cccs1)N(C(=O)C(F)(F)F)c1ccccc1N2. The summed E-state index contributed by atoms with van der Waals surface area (Å²) in [5.41, 5.74) is 1.73. The number of benzene rings is 2. The molecule has 174 valence electrons. The van der Waals surface area contributed by atoms with Gasteiger partial charge in [0.25, 0.3) is 0 Å². The van der Waals surface area contributed by atoms with Gasteiger partial charge in [-0.05, 0) is 53.6 Å². The van der Waals surface area contributed by atoms with Gasteiger partial charge in [0.15, 0.2) is 5.78 Å². The number of nitrogens with one attached hydrogen (secondary N) is 1. The summed E-state index contributed by atoms with van der Waals surface area (Å²) in [6.45, 7) is 0. The van der Waals surface area contributed by atoms with E-state index in [-0.39, 0.29) is 29.4 Å². The van der Waals surface area contributed by atoms with Crippen molar-refractivity contribution in [3.05, 3.63) is 93.6 Å². The maximum Gasteiger partial charge on any atom is 0.471 e. The topological polar surface area (TPSA) is 49.4 Å². The number of nitrogens with zero attached hydrogens (tertiary/aromatic N) is 1. The van der Waals surface area contributed by atoms with Gasteiger partial charge < -0.3 is 5.32 Å². The maximum atomic E-state index is 13.8. The number of hydrogen-bond acceptors (Lipinski definition) is 4. The molecule has 0 radical (unpaired) electrons. The van der Waals surface area contributed by atoms with E-state index in [0.717, 1.165) is 5.56 Å². The van der Waals surface area contributed by atoms with E-state index in [1.807, 2.05) is 0 Å². The number of allylic oxidation sites excluding steroid dienone is 1. The Kier molecular flexibility index (Phi) is 5.51. The summed E-state index contributed by atoms with van der Waals surface area (Å²) >= 11 is 1.18. The lowest BCUT2D eigenvalue weighted by Crippen LogP contribution is -2.45. The minimum Gasteiger partial charge on any atom is -0.357 e. The highest BCUT2D eigenvalue weighted by Crippen LogP contribution is 2.49. The lowest BCUT2D eigenvalue weighted by atomic mass is 9.79. The molecule has 0 saturated heterocycles. The standard InChI is InChI=1S/C25H18F4N2O2S/c26-16-9-7-14(8-10-16)15-12-18-22(20(32)13-15)23(21-6-3-11-34-21)31(24(33)25(27,28)29)19-5-2-1-4-17(19)30-18/h1-11,15,23,30H,12-13H2/t15-,23+/m1/s1. The fourth-order valence-corrected chi connectivity index (χ4v) is 5.46. The van der Waals surface area contributed by atoms with Crippen molar-refractivity contribution >= 4 is 34.4 Å². The van der Waals surface area contributed by atoms with Gasteiger partial charge in [0.05, 0.1) is 11.4 Å². The molecule has 9 heteroatoms. The molecule has 0 unspecified atom stereocenters. The van der Waals surface area contributed by atoms with Crippen LogP contribution in [-0.2, 0) is 9.59 Å². The second-order valence-electron chi connectivity index (χ2n) is 8.21. The van der Waals surface area contributed by atoms with Crippen LogP contribution in [0.3, 0.4) is 0 Å². The molecule has 1 N–H and O–H groups in total. The summed E-state index contributed by atoms with van der Waals surface area (Å²) in [6, 6.07) is 14.2. The molecule has 0 bridgehead atoms. The van der Waals surface area contributed by atoms with E-state index in [9.17, 15) is 27.2 Å². The first kappa shape index (κ1) is 22.3. The fourth-order valence-electron chi connectivity index (χ4n) is 4.64. The predicted molar refractivity (Wildman–Crippen MR) is 121 cm³/mol. The van der Waals surface area contributed by atoms with Crippen LogP contribution >= 0.6 is 11.3 Å². The molecule has 1 aromatic heterocycles. The molecule has 3 aromatic rings. The number of halogens is 4. The molecular formula is C25H18F4N2O2S. The Morgan fingerprint density at radius 2 is 1.74 bits per heavy atom. The number of alkyl halides is 3. The highest BCUT2D eigenvalue weighted by Gasteiger charge is 2.50. The summed E-state index contributed by atoms with van der Waals surface area (Å²) in [7, 11) is 0. The van der Waals surface area contributed by atoms with E-state index >= 15 is 0 Å². The van der Waals surface area contributed by atoms with Crippen molar-refractivity contribution in [1.82, 2.24) is 0 Å². The van der Waals surface area contributed by atoms with Crippen molar-refractivity contribution < 1.29 is 27.2 Å². The zero-order chi connectivity index (χ0) is 24.0. The van der Waals surface area contributed by atoms with Crippen molar-refractivity contribution in [3.8, 4) is 0 Å². The van der Waals surface area contributed by atoms with E-state index in [1.54, 1.807) is 47.8 Å². The molecule has 2 aromatic carbocycles. The summed E-state index contributed by atoms with van der Waals surface area (Å²) < 4.78 is 54.7. The van der Waals surface area contributed by atoms with E-state index in [4.69, 9.17) is 0 Å². The molecule has 0 fully saturated rings. The molecule has 5 rings (SSSR count). The summed E-state index contributed by atoms with van der Waals surface area (Å²) in [4.78, 5) is 27.4. The van der Waals surface area contributed by atoms with Crippen molar-refractivity contribution in [1.29, 1.82) is 0 Å². The van der Waals surface area contributed by atoms with Gasteiger partial charge in [-0.3, -0.25) is 14.5 Å². The number of fused-ring (bicyclic) bond motifs is 1. The number of amides is 1. The first-order valence-corrected chi connectivity index (χ1v) is 11.4. The van der Waals surface area contributed by atoms with E-state index in [2.05, 4.69) is 5.32 Å². The number of carbonyl (C=O) groups is 2. The Balaban J connectivity index is 1.70. The quantitative estimate of drug-likeness (QED) is 0.430. The molecule has 2 aliphatic rings. The Morgan fingerprint density at radius 3 is 2.41 bits per heavy atom. The summed E-state index contributed by atoms with van der Waals surface area (Å²) in [5.74, 6) is -3.07. The van der Waals surface area contributed by atoms with E-state index in [0.29, 0.717) is 27.6 Å². The van der Waals surface area contributed by atoms with Gasteiger partial charge in [0.2, 0.25) is 0 Å². The average Bonchev–Trinajstić information content (AvgIpc) is 3.28. The van der Waals surface area contributed by atoms with Gasteiger partial charge in [0.1, 0.15) is 11.9 Å². The minimum absolute atomic E-state index is 0.0401. The van der Waals surface area contributed by atoms with Crippen LogP contribution in [0.4, 0.5) is 28.9 Å². The molecule has 1 amide bonds. The summed E-state index contributed by atoms with van der Waals surface area (Å²) in [6.07, 6.45) is -4.77. The number of para-hydroxylation sites is 2. The lowest BCUT2D eigenvalue weighted by molar-refractivity contribution is -0.170. The maximum absolute atomic E-state index is 13.8. The van der Waals surface area contributed by atoms with Gasteiger partial charge in [-0.1, -0.05) is 30.3 Å². The number of carbonyl (C=O) groups excluding carboxylic acids is 2. The highest BCUT2D eigenvalue weighted by atomic mass is 32.1. The zero-order valence-corrected chi connectivity index (χ0v) is 18.4. The Labute approximate surface area is 196 Å². The van der Waals surface area contributed by atoms with Crippen molar-refractivity contribution in [2.75, 3.05) is 10.2 Å². The van der Waals surface area contributed by atoms with Crippen LogP contribution < -0.4 is 10.2 Å². The third-order valence-electron chi connectivity index (χ3n) is 6.10. The number of rotatable bonds is 2. The molecule has 4 nitrogen and oxygen atoms in total. The fraction of sp³-hybridized carbons (Fsp3) is 0.200. The molecular weight excluding hydrogens is 468 g/mol. The van der Waals surface area contributed by atoms with Crippen LogP contribution in [-0.4, -0.2) is 17.9 Å². The number of anilines is 2. The summed E-state index contributed by atoms with van der Waals surface area (Å²) in [5, 5.41) is 4.86. The highest BCUT2D eigenvalue weighted by molar-refractivity contribution is 7.10. The van der Waals surface area contributed by atoms with Crippen molar-refractivity contribution in [2.24, 2.45) is 0 Å². The first-order chi connectivity index (χ1) is 16.2. The normalized spacial score (nSPS) is 20.4. The van der Waals surface area contributed by atoms with E-state index < -0.39 is 23.9 Å². The molecule has 1 aliphatic heterocycles. The molecule has 34 heavy (non-hydrogen) atoms. The second-order valence-corrected chi connectivity index (χ2v) is 9.18. The zero-order valence-electron chi connectivity index (χ0n) is 17.6. The van der Waals surface area contributed by atoms with Gasteiger partial charge in [-0.25, -0.2) is 4.39 Å². The number of thiophene rings is 1. The number of Topliss-reactive ketones (excluding diaryl/α,β-unsaturated/α-hetero) is 1. The lowest BCUT2D eigenvalue weighted by Gasteiger charge is -2.34. The minimum atomic E-state index is -5.14. The third-order valence-corrected chi connectivity index (χ3v) is 7.03. The molecule has 1 aliphatic carbocycles. The van der Waals surface area contributed by atoms with Crippen molar-refractivity contribution in [3.63, 3.8) is 0 Å². The largest absolute Gasteiger partial charge is 0.471 e. The van der Waals surface area contributed by atoms with Gasteiger partial charge >= 0.3 is 12.1 Å².